The van der Waals surface area contributed by atoms with Gasteiger partial charge in [0.05, 0.1) is 11.7 Å². The molecule has 1 saturated heterocycles. The second-order valence-electron chi connectivity index (χ2n) is 8.26. The first-order chi connectivity index (χ1) is 14.9. The lowest BCUT2D eigenvalue weighted by Crippen LogP contribution is -2.50. The van der Waals surface area contributed by atoms with E-state index in [1.165, 1.54) is 4.68 Å². The standard InChI is InChI=1S/C23H29N5O3/c1-4-18(21(29)25-15(2)22(30)27-12-8-5-9-13-27)28-19-11-7-6-10-16(19)17-14-24-26(3)23(31)20(17)28/h6-7,10-11,14-15,18H,4-5,8-9,12-13H2,1-3H3,(H,25,29)/t15-,18-/m0/s1. The summed E-state index contributed by atoms with van der Waals surface area (Å²) in [5, 5.41) is 8.67. The van der Waals surface area contributed by atoms with Gasteiger partial charge in [0, 0.05) is 30.9 Å². The van der Waals surface area contributed by atoms with Crippen LogP contribution in [-0.4, -0.2) is 50.2 Å². The summed E-state index contributed by atoms with van der Waals surface area (Å²) in [7, 11) is 1.60. The molecule has 8 nitrogen and oxygen atoms in total. The van der Waals surface area contributed by atoms with E-state index in [-0.39, 0.29) is 17.4 Å². The predicted octanol–water partition coefficient (Wildman–Crippen LogP) is 2.36. The van der Waals surface area contributed by atoms with Gasteiger partial charge in [0.2, 0.25) is 11.8 Å². The maximum Gasteiger partial charge on any atom is 0.291 e. The van der Waals surface area contributed by atoms with Gasteiger partial charge in [-0.25, -0.2) is 4.68 Å². The van der Waals surface area contributed by atoms with Crippen LogP contribution in [0, 0.1) is 0 Å². The van der Waals surface area contributed by atoms with Gasteiger partial charge in [0.25, 0.3) is 5.56 Å². The summed E-state index contributed by atoms with van der Waals surface area (Å²) in [6.07, 6.45) is 5.30. The number of benzene rings is 1. The monoisotopic (exact) mass is 423 g/mol. The molecule has 1 aliphatic rings. The van der Waals surface area contributed by atoms with E-state index >= 15 is 0 Å². The van der Waals surface area contributed by atoms with Crippen LogP contribution in [0.1, 0.15) is 45.6 Å². The van der Waals surface area contributed by atoms with Gasteiger partial charge < -0.3 is 14.8 Å². The Labute approximate surface area is 180 Å². The largest absolute Gasteiger partial charge is 0.343 e. The fourth-order valence-electron chi connectivity index (χ4n) is 4.56. The van der Waals surface area contributed by atoms with E-state index in [0.29, 0.717) is 11.9 Å². The summed E-state index contributed by atoms with van der Waals surface area (Å²) in [5.41, 5.74) is 1.01. The summed E-state index contributed by atoms with van der Waals surface area (Å²) in [6.45, 7) is 5.13. The molecule has 2 aromatic heterocycles. The normalized spacial score (nSPS) is 16.4. The molecule has 4 rings (SSSR count). The number of piperidine rings is 1. The molecule has 164 valence electrons. The van der Waals surface area contributed by atoms with Crippen LogP contribution in [0.3, 0.4) is 0 Å². The van der Waals surface area contributed by atoms with Crippen LogP contribution < -0.4 is 10.9 Å². The number of rotatable bonds is 5. The van der Waals surface area contributed by atoms with Crippen LogP contribution in [0.5, 0.6) is 0 Å². The average Bonchev–Trinajstić information content (AvgIpc) is 3.12. The van der Waals surface area contributed by atoms with E-state index in [1.54, 1.807) is 20.2 Å². The number of likely N-dealkylation sites (tertiary alicyclic amines) is 1. The van der Waals surface area contributed by atoms with Gasteiger partial charge in [-0.3, -0.25) is 14.4 Å². The van der Waals surface area contributed by atoms with E-state index in [0.717, 1.165) is 48.6 Å². The van der Waals surface area contributed by atoms with Crippen LogP contribution in [0.25, 0.3) is 21.8 Å². The van der Waals surface area contributed by atoms with Crippen molar-refractivity contribution in [1.82, 2.24) is 24.6 Å². The van der Waals surface area contributed by atoms with Gasteiger partial charge in [-0.2, -0.15) is 5.10 Å². The molecule has 0 bridgehead atoms. The van der Waals surface area contributed by atoms with Crippen LogP contribution in [-0.2, 0) is 16.6 Å². The molecule has 0 spiro atoms. The highest BCUT2D eigenvalue weighted by molar-refractivity contribution is 6.08. The lowest BCUT2D eigenvalue weighted by molar-refractivity contribution is -0.137. The van der Waals surface area contributed by atoms with Crippen molar-refractivity contribution in [2.24, 2.45) is 7.05 Å². The molecule has 1 fully saturated rings. The number of fused-ring (bicyclic) bond motifs is 3. The Kier molecular flexibility index (Phi) is 5.80. The second kappa shape index (κ2) is 8.53. The molecule has 1 aliphatic heterocycles. The molecule has 2 atom stereocenters. The number of aromatic nitrogens is 3. The lowest BCUT2D eigenvalue weighted by atomic mass is 10.1. The molecule has 0 radical (unpaired) electrons. The van der Waals surface area contributed by atoms with Crippen molar-refractivity contribution in [1.29, 1.82) is 0 Å². The highest BCUT2D eigenvalue weighted by Gasteiger charge is 2.29. The number of nitrogens with one attached hydrogen (secondary N) is 1. The van der Waals surface area contributed by atoms with Gasteiger partial charge in [0.1, 0.15) is 17.6 Å². The zero-order valence-corrected chi connectivity index (χ0v) is 18.3. The maximum atomic E-state index is 13.3. The van der Waals surface area contributed by atoms with Crippen LogP contribution in [0.15, 0.2) is 35.3 Å². The second-order valence-corrected chi connectivity index (χ2v) is 8.26. The lowest BCUT2D eigenvalue weighted by Gasteiger charge is -2.30. The van der Waals surface area contributed by atoms with E-state index in [9.17, 15) is 14.4 Å². The van der Waals surface area contributed by atoms with E-state index in [4.69, 9.17) is 0 Å². The number of aryl methyl sites for hydroxylation is 1. The van der Waals surface area contributed by atoms with Crippen molar-refractivity contribution in [3.05, 3.63) is 40.8 Å². The molecular formula is C23H29N5O3. The quantitative estimate of drug-likeness (QED) is 0.682. The predicted molar refractivity (Wildman–Crippen MR) is 120 cm³/mol. The third kappa shape index (κ3) is 3.71. The third-order valence-electron chi connectivity index (χ3n) is 6.20. The topological polar surface area (TPSA) is 89.2 Å². The van der Waals surface area contributed by atoms with Crippen molar-refractivity contribution in [3.63, 3.8) is 0 Å². The summed E-state index contributed by atoms with van der Waals surface area (Å²) in [6, 6.07) is 6.41. The Bertz CT molecular complexity index is 1190. The third-order valence-corrected chi connectivity index (χ3v) is 6.20. The van der Waals surface area contributed by atoms with E-state index in [1.807, 2.05) is 40.7 Å². The summed E-state index contributed by atoms with van der Waals surface area (Å²) in [5.74, 6) is -0.313. The smallest absolute Gasteiger partial charge is 0.291 e. The van der Waals surface area contributed by atoms with Crippen molar-refractivity contribution >= 4 is 33.6 Å². The zero-order chi connectivity index (χ0) is 22.1. The first-order valence-corrected chi connectivity index (χ1v) is 11.0. The molecular weight excluding hydrogens is 394 g/mol. The van der Waals surface area contributed by atoms with Crippen molar-refractivity contribution in [3.8, 4) is 0 Å². The summed E-state index contributed by atoms with van der Waals surface area (Å²) < 4.78 is 3.09. The first-order valence-electron chi connectivity index (χ1n) is 11.0. The average molecular weight is 424 g/mol. The number of amides is 2. The van der Waals surface area contributed by atoms with Gasteiger partial charge in [-0.15, -0.1) is 0 Å². The van der Waals surface area contributed by atoms with Crippen molar-refractivity contribution < 1.29 is 9.59 Å². The van der Waals surface area contributed by atoms with Crippen LogP contribution in [0.2, 0.25) is 0 Å². The number of hydrogen-bond donors (Lipinski definition) is 1. The first kappa shape index (κ1) is 21.1. The van der Waals surface area contributed by atoms with E-state index < -0.39 is 12.1 Å². The minimum absolute atomic E-state index is 0.0507. The SMILES string of the molecule is CC[C@@H](C(=O)N[C@@H](C)C(=O)N1CCCCC1)n1c2ccccc2c2cnn(C)c(=O)c21. The number of carbonyl (C=O) groups excluding carboxylic acids is 2. The minimum Gasteiger partial charge on any atom is -0.343 e. The molecule has 8 heteroatoms. The molecule has 0 aliphatic carbocycles. The van der Waals surface area contributed by atoms with Crippen LogP contribution >= 0.6 is 0 Å². The molecule has 0 saturated carbocycles. The van der Waals surface area contributed by atoms with Crippen LogP contribution in [0.4, 0.5) is 0 Å². The fourth-order valence-corrected chi connectivity index (χ4v) is 4.56. The van der Waals surface area contributed by atoms with Gasteiger partial charge in [-0.1, -0.05) is 25.1 Å². The molecule has 31 heavy (non-hydrogen) atoms. The Morgan fingerprint density at radius 2 is 1.84 bits per heavy atom. The van der Waals surface area contributed by atoms with Gasteiger partial charge in [-0.05, 0) is 38.7 Å². The van der Waals surface area contributed by atoms with Gasteiger partial charge in [0.15, 0.2) is 0 Å². The number of para-hydroxylation sites is 1. The Hall–Kier alpha value is -3.16. The van der Waals surface area contributed by atoms with Crippen molar-refractivity contribution in [2.45, 2.75) is 51.6 Å². The number of carbonyl (C=O) groups is 2. The highest BCUT2D eigenvalue weighted by atomic mass is 16.2. The molecule has 2 amide bonds. The fraction of sp³-hybridized carbons (Fsp3) is 0.478. The number of hydrogen-bond acceptors (Lipinski definition) is 4. The molecule has 1 aromatic carbocycles. The highest BCUT2D eigenvalue weighted by Crippen LogP contribution is 2.30. The zero-order valence-electron chi connectivity index (χ0n) is 18.3. The molecule has 3 heterocycles. The molecule has 0 unspecified atom stereocenters. The maximum absolute atomic E-state index is 13.3. The number of nitrogens with zero attached hydrogens (tertiary/aromatic N) is 4. The minimum atomic E-state index is -0.617. The molecule has 1 N–H and O–H groups in total. The Morgan fingerprint density at radius 3 is 2.55 bits per heavy atom. The Morgan fingerprint density at radius 1 is 1.13 bits per heavy atom. The van der Waals surface area contributed by atoms with Crippen molar-refractivity contribution in [2.75, 3.05) is 13.1 Å². The van der Waals surface area contributed by atoms with E-state index in [2.05, 4.69) is 10.4 Å². The summed E-state index contributed by atoms with van der Waals surface area (Å²) in [4.78, 5) is 40.9. The Balaban J connectivity index is 1.71. The summed E-state index contributed by atoms with van der Waals surface area (Å²) >= 11 is 0. The van der Waals surface area contributed by atoms with Gasteiger partial charge >= 0.3 is 0 Å². The molecule has 3 aromatic rings.